The van der Waals surface area contributed by atoms with Crippen LogP contribution in [0.25, 0.3) is 0 Å². The van der Waals surface area contributed by atoms with E-state index in [1.165, 1.54) is 12.3 Å². The van der Waals surface area contributed by atoms with Gasteiger partial charge in [-0.05, 0) is 6.07 Å². The van der Waals surface area contributed by atoms with Crippen molar-refractivity contribution in [3.63, 3.8) is 0 Å². The molecule has 1 aromatic heterocycles. The van der Waals surface area contributed by atoms with E-state index >= 15 is 0 Å². The molecule has 4 nitrogen and oxygen atoms in total. The maximum atomic E-state index is 11.0. The lowest BCUT2D eigenvalue weighted by Crippen LogP contribution is -2.22. The third kappa shape index (κ3) is 2.88. The first-order chi connectivity index (χ1) is 7.56. The number of halogens is 1. The molecule has 0 bridgehead atoms. The average molecular weight is 239 g/mol. The molecule has 84 valence electrons. The van der Waals surface area contributed by atoms with Gasteiger partial charge in [-0.2, -0.15) is 0 Å². The summed E-state index contributed by atoms with van der Waals surface area (Å²) in [4.78, 5) is 16.7. The second kappa shape index (κ2) is 5.38. The second-order valence-electron chi connectivity index (χ2n) is 3.21. The lowest BCUT2D eigenvalue weighted by atomic mass is 10.2. The fourth-order valence-corrected chi connectivity index (χ4v) is 1.39. The summed E-state index contributed by atoms with van der Waals surface area (Å²) in [5.74, 6) is 1.80. The van der Waals surface area contributed by atoms with Crippen molar-refractivity contribution in [3.05, 3.63) is 22.8 Å². The van der Waals surface area contributed by atoms with Crippen LogP contribution in [0.15, 0.2) is 12.3 Å². The van der Waals surface area contributed by atoms with Crippen LogP contribution < -0.4 is 4.90 Å². The van der Waals surface area contributed by atoms with E-state index in [4.69, 9.17) is 23.1 Å². The maximum Gasteiger partial charge on any atom is 0.339 e. The molecule has 0 saturated carbocycles. The van der Waals surface area contributed by atoms with Gasteiger partial charge in [0, 0.05) is 26.2 Å². The predicted molar refractivity (Wildman–Crippen MR) is 62.9 cm³/mol. The number of carbonyl (C=O) groups is 1. The van der Waals surface area contributed by atoms with Crippen molar-refractivity contribution in [1.29, 1.82) is 0 Å². The first-order valence-corrected chi connectivity index (χ1v) is 4.97. The van der Waals surface area contributed by atoms with Gasteiger partial charge < -0.3 is 10.0 Å². The lowest BCUT2D eigenvalue weighted by Gasteiger charge is -2.18. The Bertz CT molecular complexity index is 440. The summed E-state index contributed by atoms with van der Waals surface area (Å²) in [6.07, 6.45) is 7.08. The van der Waals surface area contributed by atoms with E-state index in [2.05, 4.69) is 10.9 Å². The van der Waals surface area contributed by atoms with Crippen molar-refractivity contribution in [2.45, 2.75) is 6.42 Å². The van der Waals surface area contributed by atoms with Gasteiger partial charge >= 0.3 is 5.97 Å². The number of hydrogen-bond donors (Lipinski definition) is 1. The maximum absolute atomic E-state index is 11.0. The molecule has 0 radical (unpaired) electrons. The van der Waals surface area contributed by atoms with E-state index in [0.29, 0.717) is 23.8 Å². The molecule has 0 aliphatic rings. The van der Waals surface area contributed by atoms with Crippen molar-refractivity contribution in [2.75, 3.05) is 18.5 Å². The Kier molecular flexibility index (Phi) is 4.15. The van der Waals surface area contributed by atoms with Gasteiger partial charge in [0.1, 0.15) is 11.4 Å². The van der Waals surface area contributed by atoms with E-state index in [-0.39, 0.29) is 5.56 Å². The van der Waals surface area contributed by atoms with Gasteiger partial charge in [-0.3, -0.25) is 0 Å². The number of anilines is 1. The van der Waals surface area contributed by atoms with Gasteiger partial charge in [0.2, 0.25) is 0 Å². The highest BCUT2D eigenvalue weighted by Crippen LogP contribution is 2.20. The Balaban J connectivity index is 3.03. The molecule has 0 unspecified atom stereocenters. The molecule has 1 heterocycles. The summed E-state index contributed by atoms with van der Waals surface area (Å²) in [5, 5.41) is 9.30. The summed E-state index contributed by atoms with van der Waals surface area (Å²) in [7, 11) is 1.74. The molecular formula is C11H11ClN2O2. The highest BCUT2D eigenvalue weighted by molar-refractivity contribution is 6.30. The minimum absolute atomic E-state index is 0.0759. The van der Waals surface area contributed by atoms with Crippen LogP contribution in [0.5, 0.6) is 0 Å². The van der Waals surface area contributed by atoms with E-state index in [1.807, 2.05) is 0 Å². The van der Waals surface area contributed by atoms with Crippen molar-refractivity contribution in [2.24, 2.45) is 0 Å². The zero-order chi connectivity index (χ0) is 12.1. The third-order valence-electron chi connectivity index (χ3n) is 2.02. The van der Waals surface area contributed by atoms with Crippen LogP contribution in [0.1, 0.15) is 16.8 Å². The van der Waals surface area contributed by atoms with Crippen LogP contribution in [0, 0.1) is 12.3 Å². The Morgan fingerprint density at radius 1 is 1.75 bits per heavy atom. The summed E-state index contributed by atoms with van der Waals surface area (Å²) in [6, 6.07) is 1.37. The predicted octanol–water partition coefficient (Wildman–Crippen LogP) is 1.89. The topological polar surface area (TPSA) is 53.4 Å². The molecule has 0 fully saturated rings. The molecule has 0 aromatic carbocycles. The van der Waals surface area contributed by atoms with Gasteiger partial charge in [-0.1, -0.05) is 11.6 Å². The zero-order valence-corrected chi connectivity index (χ0v) is 9.53. The molecule has 0 aliphatic carbocycles. The quantitative estimate of drug-likeness (QED) is 0.814. The lowest BCUT2D eigenvalue weighted by molar-refractivity contribution is 0.0697. The van der Waals surface area contributed by atoms with Crippen LogP contribution in [-0.4, -0.2) is 29.7 Å². The summed E-state index contributed by atoms with van der Waals surface area (Å²) < 4.78 is 0. The molecule has 16 heavy (non-hydrogen) atoms. The molecule has 5 heteroatoms. The first kappa shape index (κ1) is 12.3. The number of nitrogens with zero attached hydrogens (tertiary/aromatic N) is 2. The van der Waals surface area contributed by atoms with Gasteiger partial charge in [0.15, 0.2) is 0 Å². The molecule has 0 saturated heterocycles. The standard InChI is InChI=1S/C11H11ClN2O2/c1-3-4-5-14(2)10-9(11(15)16)6-8(12)7-13-10/h1,6-7H,4-5H2,2H3,(H,15,16). The highest BCUT2D eigenvalue weighted by atomic mass is 35.5. The van der Waals surface area contributed by atoms with Crippen LogP contribution in [0.3, 0.4) is 0 Å². The number of pyridine rings is 1. The molecule has 1 aromatic rings. The fourth-order valence-electron chi connectivity index (χ4n) is 1.23. The minimum Gasteiger partial charge on any atom is -0.478 e. The number of aromatic carboxylic acids is 1. The Hall–Kier alpha value is -1.73. The summed E-state index contributed by atoms with van der Waals surface area (Å²) in [5.41, 5.74) is 0.0759. The highest BCUT2D eigenvalue weighted by Gasteiger charge is 2.15. The largest absolute Gasteiger partial charge is 0.478 e. The molecular weight excluding hydrogens is 228 g/mol. The third-order valence-corrected chi connectivity index (χ3v) is 2.22. The number of terminal acetylenes is 1. The summed E-state index contributed by atoms with van der Waals surface area (Å²) in [6.45, 7) is 0.547. The average Bonchev–Trinajstić information content (AvgIpc) is 2.25. The minimum atomic E-state index is -1.06. The molecule has 0 amide bonds. The molecule has 0 spiro atoms. The monoisotopic (exact) mass is 238 g/mol. The van der Waals surface area contributed by atoms with Crippen molar-refractivity contribution in [3.8, 4) is 12.3 Å². The van der Waals surface area contributed by atoms with Gasteiger partial charge in [-0.15, -0.1) is 12.3 Å². The van der Waals surface area contributed by atoms with Crippen LogP contribution in [0.2, 0.25) is 5.02 Å². The smallest absolute Gasteiger partial charge is 0.339 e. The van der Waals surface area contributed by atoms with E-state index in [0.717, 1.165) is 0 Å². The molecule has 1 rings (SSSR count). The van der Waals surface area contributed by atoms with Crippen molar-refractivity contribution in [1.82, 2.24) is 4.98 Å². The number of hydrogen-bond acceptors (Lipinski definition) is 3. The fraction of sp³-hybridized carbons (Fsp3) is 0.273. The van der Waals surface area contributed by atoms with Gasteiger partial charge in [-0.25, -0.2) is 9.78 Å². The summed E-state index contributed by atoms with van der Waals surface area (Å²) >= 11 is 5.69. The number of carboxylic acids is 1. The van der Waals surface area contributed by atoms with E-state index in [1.54, 1.807) is 11.9 Å². The van der Waals surface area contributed by atoms with Crippen LogP contribution >= 0.6 is 11.6 Å². The normalized spacial score (nSPS) is 9.56. The molecule has 1 N–H and O–H groups in total. The van der Waals surface area contributed by atoms with E-state index < -0.39 is 5.97 Å². The second-order valence-corrected chi connectivity index (χ2v) is 3.64. The van der Waals surface area contributed by atoms with Crippen molar-refractivity contribution < 1.29 is 9.90 Å². The van der Waals surface area contributed by atoms with Crippen LogP contribution in [-0.2, 0) is 0 Å². The van der Waals surface area contributed by atoms with Gasteiger partial charge in [0.25, 0.3) is 0 Å². The first-order valence-electron chi connectivity index (χ1n) is 4.59. The number of carboxylic acid groups (broad SMARTS) is 1. The van der Waals surface area contributed by atoms with Crippen LogP contribution in [0.4, 0.5) is 5.82 Å². The number of aromatic nitrogens is 1. The zero-order valence-electron chi connectivity index (χ0n) is 8.77. The van der Waals surface area contributed by atoms with E-state index in [9.17, 15) is 4.79 Å². The Morgan fingerprint density at radius 2 is 2.44 bits per heavy atom. The SMILES string of the molecule is C#CCCN(C)c1ncc(Cl)cc1C(=O)O. The Labute approximate surface area is 98.9 Å². The molecule has 0 aliphatic heterocycles. The molecule has 0 atom stereocenters. The van der Waals surface area contributed by atoms with Gasteiger partial charge in [0.05, 0.1) is 5.02 Å². The van der Waals surface area contributed by atoms with Crippen molar-refractivity contribution >= 4 is 23.4 Å². The Morgan fingerprint density at radius 3 is 3.00 bits per heavy atom. The number of rotatable bonds is 4.